The molecule has 0 aliphatic heterocycles. The minimum absolute atomic E-state index is 0.0567. The van der Waals surface area contributed by atoms with Crippen molar-refractivity contribution in [2.45, 2.75) is 95.7 Å². The second kappa shape index (κ2) is 15.4. The smallest absolute Gasteiger partial charge is 0.362 e. The summed E-state index contributed by atoms with van der Waals surface area (Å²) in [6.45, 7) is 2.22. The molecule has 0 amide bonds. The zero-order valence-electron chi connectivity index (χ0n) is 19.4. The fraction of sp³-hybridized carbons (Fsp3) is 0.826. The molecule has 1 unspecified atom stereocenters. The van der Waals surface area contributed by atoms with E-state index < -0.39 is 12.9 Å². The maximum absolute atomic E-state index is 11.7. The van der Waals surface area contributed by atoms with Gasteiger partial charge < -0.3 is 19.4 Å². The molecule has 0 aliphatic carbocycles. The molecular formula is C23H47NO4P+. The maximum atomic E-state index is 11.7. The Morgan fingerprint density at radius 2 is 1.21 bits per heavy atom. The van der Waals surface area contributed by atoms with Gasteiger partial charge in [-0.15, -0.1) is 0 Å². The Morgan fingerprint density at radius 3 is 1.69 bits per heavy atom. The first-order chi connectivity index (χ1) is 13.5. The molecule has 5 nitrogen and oxygen atoms in total. The highest BCUT2D eigenvalue weighted by Gasteiger charge is 2.48. The van der Waals surface area contributed by atoms with Gasteiger partial charge in [0.2, 0.25) is 5.34 Å². The molecule has 0 aromatic rings. The Morgan fingerprint density at radius 1 is 0.759 bits per heavy atom. The number of rotatable bonds is 18. The quantitative estimate of drug-likeness (QED) is 0.111. The Bertz CT molecular complexity index is 507. The van der Waals surface area contributed by atoms with Crippen LogP contribution in [0.15, 0.2) is 24.3 Å². The van der Waals surface area contributed by atoms with E-state index >= 15 is 0 Å². The summed E-state index contributed by atoms with van der Waals surface area (Å²) in [6, 6.07) is 0. The monoisotopic (exact) mass is 432 g/mol. The molecule has 172 valence electrons. The molecule has 29 heavy (non-hydrogen) atoms. The number of quaternary nitrogens is 1. The first-order valence-corrected chi connectivity index (χ1v) is 13.0. The summed E-state index contributed by atoms with van der Waals surface area (Å²) >= 11 is 0. The van der Waals surface area contributed by atoms with E-state index in [9.17, 15) is 19.5 Å². The average Bonchev–Trinajstić information content (AvgIpc) is 2.59. The highest BCUT2D eigenvalue weighted by Crippen LogP contribution is 2.52. The van der Waals surface area contributed by atoms with Crippen LogP contribution in [0.3, 0.4) is 0 Å². The van der Waals surface area contributed by atoms with Crippen molar-refractivity contribution < 1.29 is 23.9 Å². The van der Waals surface area contributed by atoms with Gasteiger partial charge in [0.1, 0.15) is 6.54 Å². The van der Waals surface area contributed by atoms with Crippen LogP contribution in [0.2, 0.25) is 0 Å². The third-order valence-corrected chi connectivity index (χ3v) is 6.49. The lowest BCUT2D eigenvalue weighted by Crippen LogP contribution is -2.49. The van der Waals surface area contributed by atoms with E-state index in [-0.39, 0.29) is 13.0 Å². The molecular weight excluding hydrogens is 385 g/mol. The number of hydrogen-bond acceptors (Lipinski definition) is 2. The lowest BCUT2D eigenvalue weighted by Gasteiger charge is -2.35. The lowest BCUT2D eigenvalue weighted by atomic mass is 10.0. The number of likely N-dealkylation sites (N-methyl/N-ethyl adjacent to an activating group) is 1. The summed E-state index contributed by atoms with van der Waals surface area (Å²) in [5, 5.41) is 8.60. The number of hydrogen-bond donors (Lipinski definition) is 3. The first-order valence-electron chi connectivity index (χ1n) is 11.4. The zero-order valence-corrected chi connectivity index (χ0v) is 20.2. The van der Waals surface area contributed by atoms with Gasteiger partial charge in [0.25, 0.3) is 0 Å². The molecule has 0 fully saturated rings. The van der Waals surface area contributed by atoms with E-state index in [1.165, 1.54) is 32.1 Å². The van der Waals surface area contributed by atoms with Crippen LogP contribution in [0, 0.1) is 0 Å². The van der Waals surface area contributed by atoms with Crippen molar-refractivity contribution >= 4 is 7.60 Å². The molecule has 0 aromatic heterocycles. The molecule has 0 aromatic carbocycles. The van der Waals surface area contributed by atoms with Gasteiger partial charge in [0.05, 0.1) is 21.1 Å². The zero-order chi connectivity index (χ0) is 22.2. The van der Waals surface area contributed by atoms with E-state index in [0.29, 0.717) is 10.9 Å². The van der Waals surface area contributed by atoms with Gasteiger partial charge >= 0.3 is 7.60 Å². The van der Waals surface area contributed by atoms with E-state index in [0.717, 1.165) is 38.5 Å². The minimum Gasteiger partial charge on any atom is -0.373 e. The number of unbranched alkanes of at least 4 members (excludes halogenated alkanes) is 9. The average molecular weight is 433 g/mol. The predicted molar refractivity (Wildman–Crippen MR) is 124 cm³/mol. The fourth-order valence-electron chi connectivity index (χ4n) is 3.52. The van der Waals surface area contributed by atoms with E-state index in [2.05, 4.69) is 31.2 Å². The molecule has 6 heteroatoms. The van der Waals surface area contributed by atoms with E-state index in [1.54, 1.807) is 0 Å². The highest BCUT2D eigenvalue weighted by atomic mass is 31.2. The van der Waals surface area contributed by atoms with Crippen molar-refractivity contribution in [3.8, 4) is 0 Å². The van der Waals surface area contributed by atoms with Crippen LogP contribution >= 0.6 is 7.60 Å². The Hall–Kier alpha value is -0.450. The van der Waals surface area contributed by atoms with Crippen LogP contribution in [0.1, 0.15) is 90.4 Å². The largest absolute Gasteiger partial charge is 0.373 e. The normalized spacial score (nSPS) is 15.4. The highest BCUT2D eigenvalue weighted by molar-refractivity contribution is 7.53. The number of aliphatic hydroxyl groups is 1. The van der Waals surface area contributed by atoms with Crippen molar-refractivity contribution in [3.05, 3.63) is 24.3 Å². The molecule has 0 radical (unpaired) electrons. The molecule has 0 saturated heterocycles. The van der Waals surface area contributed by atoms with Gasteiger partial charge in [-0.2, -0.15) is 0 Å². The van der Waals surface area contributed by atoms with Crippen molar-refractivity contribution in [2.24, 2.45) is 0 Å². The Kier molecular flexibility index (Phi) is 15.1. The molecule has 0 heterocycles. The van der Waals surface area contributed by atoms with Gasteiger partial charge in [-0.1, -0.05) is 69.8 Å². The molecule has 3 N–H and O–H groups in total. The van der Waals surface area contributed by atoms with Crippen LogP contribution < -0.4 is 0 Å². The van der Waals surface area contributed by atoms with Crippen LogP contribution in [0.25, 0.3) is 0 Å². The van der Waals surface area contributed by atoms with Gasteiger partial charge in [-0.25, -0.2) is 0 Å². The maximum Gasteiger partial charge on any atom is 0.362 e. The van der Waals surface area contributed by atoms with E-state index in [4.69, 9.17) is 0 Å². The summed E-state index contributed by atoms with van der Waals surface area (Å²) in [5.41, 5.74) is 0. The molecule has 1 atom stereocenters. The van der Waals surface area contributed by atoms with Gasteiger partial charge in [-0.3, -0.25) is 4.57 Å². The predicted octanol–water partition coefficient (Wildman–Crippen LogP) is 5.76. The molecule has 0 bridgehead atoms. The summed E-state index contributed by atoms with van der Waals surface area (Å²) in [5.74, 6) is 0. The lowest BCUT2D eigenvalue weighted by molar-refractivity contribution is -0.875. The molecule has 0 aliphatic rings. The SMILES string of the molecule is CC/C=C\CC/C=C\CCCCCCCCCCC(O)(C[N+](C)(C)C)P(=O)(O)O. The third kappa shape index (κ3) is 16.0. The van der Waals surface area contributed by atoms with Crippen molar-refractivity contribution in [3.63, 3.8) is 0 Å². The first kappa shape index (κ1) is 28.5. The Balaban J connectivity index is 3.73. The van der Waals surface area contributed by atoms with Gasteiger partial charge in [0, 0.05) is 0 Å². The molecule has 0 saturated carbocycles. The van der Waals surface area contributed by atoms with E-state index in [1.807, 2.05) is 21.1 Å². The minimum atomic E-state index is -4.54. The van der Waals surface area contributed by atoms with Crippen molar-refractivity contribution in [2.75, 3.05) is 27.7 Å². The summed E-state index contributed by atoms with van der Waals surface area (Å²) in [7, 11) is 0.961. The van der Waals surface area contributed by atoms with Gasteiger partial charge in [-0.05, 0) is 44.9 Å². The summed E-state index contributed by atoms with van der Waals surface area (Å²) in [6.07, 6.45) is 22.6. The molecule has 0 spiro atoms. The standard InChI is InChI=1S/C23H46NO4P/c1-5-6-7-8-9-10-11-12-13-14-15-16-17-18-19-20-21-23(25,29(26,27)28)22-24(2,3)4/h6-7,10-11,25H,5,8-9,12-22H2,1-4H3,(H-,26,27,28)/p+1/b7-6-,11-10-. The second-order valence-electron chi connectivity index (χ2n) is 9.27. The van der Waals surface area contributed by atoms with Crippen LogP contribution in [0.4, 0.5) is 0 Å². The number of nitrogens with zero attached hydrogens (tertiary/aromatic N) is 1. The molecule has 0 rings (SSSR count). The van der Waals surface area contributed by atoms with Crippen LogP contribution in [0.5, 0.6) is 0 Å². The summed E-state index contributed by atoms with van der Waals surface area (Å²) < 4.78 is 12.1. The second-order valence-corrected chi connectivity index (χ2v) is 11.2. The Labute approximate surface area is 179 Å². The topological polar surface area (TPSA) is 77.8 Å². The van der Waals surface area contributed by atoms with Crippen LogP contribution in [-0.4, -0.2) is 52.4 Å². The summed E-state index contributed by atoms with van der Waals surface area (Å²) in [4.78, 5) is 19.1. The van der Waals surface area contributed by atoms with Crippen molar-refractivity contribution in [1.82, 2.24) is 0 Å². The van der Waals surface area contributed by atoms with Gasteiger partial charge in [0.15, 0.2) is 0 Å². The fourth-order valence-corrected chi connectivity index (χ4v) is 4.58. The number of allylic oxidation sites excluding steroid dienone is 4. The van der Waals surface area contributed by atoms with Crippen LogP contribution in [-0.2, 0) is 4.57 Å². The third-order valence-electron chi connectivity index (χ3n) is 5.04. The van der Waals surface area contributed by atoms with Crippen molar-refractivity contribution in [1.29, 1.82) is 0 Å².